The fourth-order valence-corrected chi connectivity index (χ4v) is 3.70. The van der Waals surface area contributed by atoms with Crippen LogP contribution in [0.4, 0.5) is 0 Å². The summed E-state index contributed by atoms with van der Waals surface area (Å²) in [7, 11) is 0. The van der Waals surface area contributed by atoms with Gasteiger partial charge >= 0.3 is 0 Å². The lowest BCUT2D eigenvalue weighted by molar-refractivity contribution is -0.123. The van der Waals surface area contributed by atoms with E-state index >= 15 is 0 Å². The molecule has 0 spiro atoms. The van der Waals surface area contributed by atoms with Gasteiger partial charge in [-0.3, -0.25) is 9.59 Å². The molecule has 2 amide bonds. The molecule has 3 aromatic carbocycles. The smallest absolute Gasteiger partial charge is 0.251 e. The number of carbonyl (C=O) groups excluding carboxylic acids is 2. The molecule has 3 aromatic rings. The van der Waals surface area contributed by atoms with Crippen molar-refractivity contribution in [2.45, 2.75) is 31.8 Å². The molecule has 1 atom stereocenters. The van der Waals surface area contributed by atoms with Crippen LogP contribution in [0, 0.1) is 0 Å². The largest absolute Gasteiger partial charge is 0.396 e. The first kappa shape index (κ1) is 24.8. The molecule has 7 heteroatoms. The second-order valence-electron chi connectivity index (χ2n) is 7.66. The Kier molecular flexibility index (Phi) is 9.31. The fourth-order valence-electron chi connectivity index (χ4n) is 3.38. The molecule has 0 saturated heterocycles. The molecule has 0 saturated carbocycles. The molecule has 3 N–H and O–H groups in total. The predicted octanol–water partition coefficient (Wildman–Crippen LogP) is 5.24. The Morgan fingerprint density at radius 1 is 0.848 bits per heavy atom. The number of rotatable bonds is 10. The highest BCUT2D eigenvalue weighted by molar-refractivity contribution is 6.42. The Morgan fingerprint density at radius 2 is 1.55 bits per heavy atom. The summed E-state index contributed by atoms with van der Waals surface area (Å²) in [4.78, 5) is 25.6. The highest BCUT2D eigenvalue weighted by atomic mass is 35.5. The third-order valence-electron chi connectivity index (χ3n) is 5.23. The molecule has 0 aliphatic heterocycles. The molecule has 0 bridgehead atoms. The van der Waals surface area contributed by atoms with E-state index in [2.05, 4.69) is 10.6 Å². The monoisotopic (exact) mass is 484 g/mol. The molecular weight excluding hydrogens is 459 g/mol. The number of hydrogen-bond donors (Lipinski definition) is 3. The molecule has 0 aliphatic carbocycles. The number of halogens is 2. The first-order valence-corrected chi connectivity index (χ1v) is 11.5. The molecule has 172 valence electrons. The van der Waals surface area contributed by atoms with Crippen LogP contribution in [0.5, 0.6) is 0 Å². The van der Waals surface area contributed by atoms with E-state index in [0.29, 0.717) is 34.9 Å². The number of unbranched alkanes of at least 4 members (excludes halogenated alkanes) is 1. The lowest BCUT2D eigenvalue weighted by Gasteiger charge is -2.19. The summed E-state index contributed by atoms with van der Waals surface area (Å²) in [5, 5.41) is 15.6. The Hall–Kier alpha value is -2.86. The van der Waals surface area contributed by atoms with Crippen molar-refractivity contribution in [1.82, 2.24) is 10.6 Å². The van der Waals surface area contributed by atoms with Crippen LogP contribution in [0.3, 0.4) is 0 Å². The molecule has 0 heterocycles. The summed E-state index contributed by atoms with van der Waals surface area (Å²) in [5.74, 6) is -0.624. The van der Waals surface area contributed by atoms with Crippen LogP contribution in [0.2, 0.25) is 10.0 Å². The van der Waals surface area contributed by atoms with Gasteiger partial charge in [-0.25, -0.2) is 0 Å². The standard InChI is InChI=1S/C26H26Cl2N2O3/c27-22-14-9-18(16-23(22)28)17-29-26(33)24(8-4-5-15-31)30-25(32)21-12-10-20(11-13-21)19-6-2-1-3-7-19/h1-3,6-7,9-14,16,24,31H,4-5,8,15,17H2,(H,29,33)(H,30,32)/t24-/m0/s1. The molecule has 33 heavy (non-hydrogen) atoms. The zero-order valence-corrected chi connectivity index (χ0v) is 19.6. The first-order valence-electron chi connectivity index (χ1n) is 10.8. The lowest BCUT2D eigenvalue weighted by Crippen LogP contribution is -2.46. The maximum atomic E-state index is 12.8. The van der Waals surface area contributed by atoms with E-state index in [1.54, 1.807) is 30.3 Å². The van der Waals surface area contributed by atoms with Crippen LogP contribution in [-0.4, -0.2) is 29.6 Å². The molecule has 0 unspecified atom stereocenters. The van der Waals surface area contributed by atoms with Crippen LogP contribution < -0.4 is 10.6 Å². The van der Waals surface area contributed by atoms with Crippen molar-refractivity contribution in [1.29, 1.82) is 0 Å². The number of nitrogens with one attached hydrogen (secondary N) is 2. The van der Waals surface area contributed by atoms with Gasteiger partial charge in [0.2, 0.25) is 5.91 Å². The minimum Gasteiger partial charge on any atom is -0.396 e. The van der Waals surface area contributed by atoms with Gasteiger partial charge in [-0.2, -0.15) is 0 Å². The molecule has 0 radical (unpaired) electrons. The van der Waals surface area contributed by atoms with Crippen molar-refractivity contribution < 1.29 is 14.7 Å². The second-order valence-corrected chi connectivity index (χ2v) is 8.47. The third kappa shape index (κ3) is 7.32. The van der Waals surface area contributed by atoms with Crippen LogP contribution in [-0.2, 0) is 11.3 Å². The Labute approximate surface area is 203 Å². The van der Waals surface area contributed by atoms with Crippen molar-refractivity contribution in [2.75, 3.05) is 6.61 Å². The van der Waals surface area contributed by atoms with Gasteiger partial charge in [-0.05, 0) is 60.2 Å². The van der Waals surface area contributed by atoms with E-state index in [9.17, 15) is 9.59 Å². The Balaban J connectivity index is 1.64. The van der Waals surface area contributed by atoms with E-state index in [-0.39, 0.29) is 25.0 Å². The number of benzene rings is 3. The summed E-state index contributed by atoms with van der Waals surface area (Å²) in [6.45, 7) is 0.292. The molecule has 0 aromatic heterocycles. The van der Waals surface area contributed by atoms with Crippen molar-refractivity contribution >= 4 is 35.0 Å². The van der Waals surface area contributed by atoms with Crippen molar-refractivity contribution in [2.24, 2.45) is 0 Å². The van der Waals surface area contributed by atoms with Crippen molar-refractivity contribution in [3.05, 3.63) is 94.0 Å². The van der Waals surface area contributed by atoms with Crippen molar-refractivity contribution in [3.8, 4) is 11.1 Å². The zero-order valence-electron chi connectivity index (χ0n) is 18.1. The van der Waals surface area contributed by atoms with E-state index in [0.717, 1.165) is 16.7 Å². The minimum atomic E-state index is -0.722. The van der Waals surface area contributed by atoms with E-state index < -0.39 is 6.04 Å². The summed E-state index contributed by atoms with van der Waals surface area (Å²) in [6.07, 6.45) is 1.58. The van der Waals surface area contributed by atoms with Gasteiger partial charge in [-0.1, -0.05) is 71.7 Å². The van der Waals surface area contributed by atoms with Crippen LogP contribution in [0.1, 0.15) is 35.2 Å². The summed E-state index contributed by atoms with van der Waals surface area (Å²) in [5.41, 5.74) is 3.34. The van der Waals surface area contributed by atoms with Gasteiger partial charge in [0.15, 0.2) is 0 Å². The quantitative estimate of drug-likeness (QED) is 0.344. The van der Waals surface area contributed by atoms with Gasteiger partial charge in [0.05, 0.1) is 10.0 Å². The molecule has 5 nitrogen and oxygen atoms in total. The Morgan fingerprint density at radius 3 is 2.21 bits per heavy atom. The lowest BCUT2D eigenvalue weighted by atomic mass is 10.0. The minimum absolute atomic E-state index is 0.0342. The topological polar surface area (TPSA) is 78.4 Å². The predicted molar refractivity (Wildman–Crippen MR) is 132 cm³/mol. The summed E-state index contributed by atoms with van der Waals surface area (Å²) < 4.78 is 0. The van der Waals surface area contributed by atoms with Gasteiger partial charge in [0.1, 0.15) is 6.04 Å². The average molecular weight is 485 g/mol. The number of hydrogen-bond acceptors (Lipinski definition) is 3. The summed E-state index contributed by atoms with van der Waals surface area (Å²) in [6, 6.07) is 21.6. The molecule has 0 aliphatic rings. The van der Waals surface area contributed by atoms with Gasteiger partial charge < -0.3 is 15.7 Å². The number of aliphatic hydroxyl groups is 1. The summed E-state index contributed by atoms with van der Waals surface area (Å²) >= 11 is 12.0. The first-order chi connectivity index (χ1) is 16.0. The highest BCUT2D eigenvalue weighted by Gasteiger charge is 2.21. The van der Waals surface area contributed by atoms with Gasteiger partial charge in [0.25, 0.3) is 5.91 Å². The zero-order chi connectivity index (χ0) is 23.6. The fraction of sp³-hybridized carbons (Fsp3) is 0.231. The van der Waals surface area contributed by atoms with Crippen LogP contribution >= 0.6 is 23.2 Å². The molecular formula is C26H26Cl2N2O3. The Bertz CT molecular complexity index is 1070. The van der Waals surface area contributed by atoms with Crippen LogP contribution in [0.15, 0.2) is 72.8 Å². The third-order valence-corrected chi connectivity index (χ3v) is 5.97. The van der Waals surface area contributed by atoms with E-state index in [1.165, 1.54) is 0 Å². The maximum absolute atomic E-state index is 12.8. The van der Waals surface area contributed by atoms with E-state index in [4.69, 9.17) is 28.3 Å². The maximum Gasteiger partial charge on any atom is 0.251 e. The second kappa shape index (κ2) is 12.4. The number of aliphatic hydroxyl groups excluding tert-OH is 1. The molecule has 0 fully saturated rings. The van der Waals surface area contributed by atoms with Crippen LogP contribution in [0.25, 0.3) is 11.1 Å². The normalized spacial score (nSPS) is 11.6. The van der Waals surface area contributed by atoms with Crippen molar-refractivity contribution in [3.63, 3.8) is 0 Å². The van der Waals surface area contributed by atoms with Gasteiger partial charge in [-0.15, -0.1) is 0 Å². The highest BCUT2D eigenvalue weighted by Crippen LogP contribution is 2.22. The number of amides is 2. The average Bonchev–Trinajstić information content (AvgIpc) is 2.84. The SMILES string of the molecule is O=C(N[C@@H](CCCCO)C(=O)NCc1ccc(Cl)c(Cl)c1)c1ccc(-c2ccccc2)cc1. The molecule has 3 rings (SSSR count). The number of carbonyl (C=O) groups is 2. The van der Waals surface area contributed by atoms with Gasteiger partial charge in [0, 0.05) is 18.7 Å². The van der Waals surface area contributed by atoms with E-state index in [1.807, 2.05) is 42.5 Å².